The monoisotopic (exact) mass is 207 g/mol. The van der Waals surface area contributed by atoms with Gasteiger partial charge in [-0.25, -0.2) is 0 Å². The molecule has 0 radical (unpaired) electrons. The number of aliphatic hydroxyl groups excluding tert-OH is 1. The van der Waals surface area contributed by atoms with Crippen molar-refractivity contribution in [3.63, 3.8) is 0 Å². The van der Waals surface area contributed by atoms with Crippen LogP contribution in [0.2, 0.25) is 0 Å². The SMILES string of the molecule is CNCC(O)c1cccc(C2COC2)c1. The molecule has 1 atom stereocenters. The Labute approximate surface area is 90.1 Å². The van der Waals surface area contributed by atoms with Crippen molar-refractivity contribution in [1.29, 1.82) is 0 Å². The maximum Gasteiger partial charge on any atom is 0.0914 e. The summed E-state index contributed by atoms with van der Waals surface area (Å²) in [4.78, 5) is 0. The average molecular weight is 207 g/mol. The third kappa shape index (κ3) is 2.37. The van der Waals surface area contributed by atoms with Gasteiger partial charge in [0.1, 0.15) is 0 Å². The zero-order valence-corrected chi connectivity index (χ0v) is 8.94. The summed E-state index contributed by atoms with van der Waals surface area (Å²) in [7, 11) is 1.84. The summed E-state index contributed by atoms with van der Waals surface area (Å²) in [5.74, 6) is 0.520. The molecular formula is C12H17NO2. The van der Waals surface area contributed by atoms with E-state index in [0.29, 0.717) is 12.5 Å². The Morgan fingerprint density at radius 1 is 1.53 bits per heavy atom. The molecule has 0 amide bonds. The number of ether oxygens (including phenoxy) is 1. The molecule has 1 aromatic carbocycles. The summed E-state index contributed by atoms with van der Waals surface area (Å²) in [6.45, 7) is 2.21. The van der Waals surface area contributed by atoms with Gasteiger partial charge in [-0.2, -0.15) is 0 Å². The first kappa shape index (κ1) is 10.6. The molecule has 2 rings (SSSR count). The highest BCUT2D eigenvalue weighted by Gasteiger charge is 2.21. The molecule has 1 aliphatic heterocycles. The highest BCUT2D eigenvalue weighted by atomic mass is 16.5. The molecule has 1 heterocycles. The van der Waals surface area contributed by atoms with Gasteiger partial charge in [0.2, 0.25) is 0 Å². The number of rotatable bonds is 4. The van der Waals surface area contributed by atoms with Gasteiger partial charge in [-0.1, -0.05) is 24.3 Å². The van der Waals surface area contributed by atoms with E-state index in [4.69, 9.17) is 4.74 Å². The predicted molar refractivity (Wildman–Crippen MR) is 58.9 cm³/mol. The summed E-state index contributed by atoms with van der Waals surface area (Å²) in [6.07, 6.45) is -0.420. The zero-order chi connectivity index (χ0) is 10.7. The summed E-state index contributed by atoms with van der Waals surface area (Å²) < 4.78 is 5.16. The van der Waals surface area contributed by atoms with Gasteiger partial charge >= 0.3 is 0 Å². The van der Waals surface area contributed by atoms with Crippen LogP contribution in [0.25, 0.3) is 0 Å². The Morgan fingerprint density at radius 2 is 2.33 bits per heavy atom. The van der Waals surface area contributed by atoms with Crippen LogP contribution in [-0.4, -0.2) is 31.9 Å². The molecule has 3 nitrogen and oxygen atoms in total. The van der Waals surface area contributed by atoms with Crippen molar-refractivity contribution in [2.45, 2.75) is 12.0 Å². The molecular weight excluding hydrogens is 190 g/mol. The largest absolute Gasteiger partial charge is 0.387 e. The van der Waals surface area contributed by atoms with Gasteiger partial charge in [0.15, 0.2) is 0 Å². The lowest BCUT2D eigenvalue weighted by atomic mass is 9.94. The lowest BCUT2D eigenvalue weighted by Gasteiger charge is -2.27. The first-order valence-corrected chi connectivity index (χ1v) is 5.31. The van der Waals surface area contributed by atoms with E-state index in [1.165, 1.54) is 5.56 Å². The van der Waals surface area contributed by atoms with Gasteiger partial charge < -0.3 is 15.2 Å². The Kier molecular flexibility index (Phi) is 3.36. The highest BCUT2D eigenvalue weighted by Crippen LogP contribution is 2.26. The number of nitrogens with one attached hydrogen (secondary N) is 1. The second-order valence-corrected chi connectivity index (χ2v) is 3.98. The smallest absolute Gasteiger partial charge is 0.0914 e. The summed E-state index contributed by atoms with van der Waals surface area (Å²) in [6, 6.07) is 8.14. The number of aliphatic hydroxyl groups is 1. The van der Waals surface area contributed by atoms with Crippen LogP contribution >= 0.6 is 0 Å². The minimum atomic E-state index is -0.420. The van der Waals surface area contributed by atoms with E-state index in [-0.39, 0.29) is 0 Å². The molecule has 0 saturated carbocycles. The van der Waals surface area contributed by atoms with Crippen LogP contribution in [0.1, 0.15) is 23.1 Å². The first-order chi connectivity index (χ1) is 7.31. The zero-order valence-electron chi connectivity index (χ0n) is 8.94. The lowest BCUT2D eigenvalue weighted by Crippen LogP contribution is -2.25. The summed E-state index contributed by atoms with van der Waals surface area (Å²) in [5.41, 5.74) is 2.25. The van der Waals surface area contributed by atoms with E-state index in [1.54, 1.807) is 0 Å². The Balaban J connectivity index is 2.10. The average Bonchev–Trinajstić information content (AvgIpc) is 2.16. The second kappa shape index (κ2) is 4.75. The fourth-order valence-electron chi connectivity index (χ4n) is 1.76. The van der Waals surface area contributed by atoms with E-state index < -0.39 is 6.10 Å². The molecule has 1 unspecified atom stereocenters. The molecule has 0 aromatic heterocycles. The van der Waals surface area contributed by atoms with Crippen LogP contribution in [0.3, 0.4) is 0 Å². The molecule has 0 bridgehead atoms. The standard InChI is InChI=1S/C12H17NO2/c1-13-6-12(14)10-4-2-3-9(5-10)11-7-15-8-11/h2-5,11-14H,6-8H2,1H3. The van der Waals surface area contributed by atoms with Crippen LogP contribution < -0.4 is 5.32 Å². The molecule has 0 spiro atoms. The van der Waals surface area contributed by atoms with E-state index in [1.807, 2.05) is 19.2 Å². The van der Waals surface area contributed by atoms with E-state index in [9.17, 15) is 5.11 Å². The Hall–Kier alpha value is -0.900. The third-order valence-corrected chi connectivity index (χ3v) is 2.80. The van der Waals surface area contributed by atoms with Crippen LogP contribution in [-0.2, 0) is 4.74 Å². The minimum absolute atomic E-state index is 0.420. The van der Waals surface area contributed by atoms with Crippen molar-refractivity contribution < 1.29 is 9.84 Å². The van der Waals surface area contributed by atoms with Crippen molar-refractivity contribution in [1.82, 2.24) is 5.32 Å². The lowest BCUT2D eigenvalue weighted by molar-refractivity contribution is 0.00832. The van der Waals surface area contributed by atoms with Crippen molar-refractivity contribution in [3.8, 4) is 0 Å². The molecule has 1 aromatic rings. The number of hydrogen-bond donors (Lipinski definition) is 2. The van der Waals surface area contributed by atoms with Crippen LogP contribution in [0.4, 0.5) is 0 Å². The Bertz CT molecular complexity index is 323. The topological polar surface area (TPSA) is 41.5 Å². The summed E-state index contributed by atoms with van der Waals surface area (Å²) >= 11 is 0. The van der Waals surface area contributed by atoms with Gasteiger partial charge in [0, 0.05) is 12.5 Å². The molecule has 0 aliphatic carbocycles. The number of benzene rings is 1. The van der Waals surface area contributed by atoms with Crippen molar-refractivity contribution in [2.24, 2.45) is 0 Å². The Morgan fingerprint density at radius 3 is 2.93 bits per heavy atom. The fourth-order valence-corrected chi connectivity index (χ4v) is 1.76. The maximum atomic E-state index is 9.82. The molecule has 82 valence electrons. The number of likely N-dealkylation sites (N-methyl/N-ethyl adjacent to an activating group) is 1. The second-order valence-electron chi connectivity index (χ2n) is 3.98. The van der Waals surface area contributed by atoms with Gasteiger partial charge in [-0.05, 0) is 18.2 Å². The minimum Gasteiger partial charge on any atom is -0.387 e. The van der Waals surface area contributed by atoms with Gasteiger partial charge in [0.05, 0.1) is 19.3 Å². The van der Waals surface area contributed by atoms with Crippen molar-refractivity contribution >= 4 is 0 Å². The molecule has 1 aliphatic rings. The van der Waals surface area contributed by atoms with Gasteiger partial charge in [-0.15, -0.1) is 0 Å². The molecule has 3 heteroatoms. The quantitative estimate of drug-likeness (QED) is 0.775. The fraction of sp³-hybridized carbons (Fsp3) is 0.500. The van der Waals surface area contributed by atoms with Crippen LogP contribution in [0.5, 0.6) is 0 Å². The summed E-state index contributed by atoms with van der Waals surface area (Å²) in [5, 5.41) is 12.8. The first-order valence-electron chi connectivity index (χ1n) is 5.31. The van der Waals surface area contributed by atoms with E-state index in [2.05, 4.69) is 17.4 Å². The maximum absolute atomic E-state index is 9.82. The molecule has 1 fully saturated rings. The van der Waals surface area contributed by atoms with Crippen LogP contribution in [0.15, 0.2) is 24.3 Å². The van der Waals surface area contributed by atoms with Gasteiger partial charge in [-0.3, -0.25) is 0 Å². The highest BCUT2D eigenvalue weighted by molar-refractivity contribution is 5.29. The molecule has 15 heavy (non-hydrogen) atoms. The van der Waals surface area contributed by atoms with E-state index in [0.717, 1.165) is 18.8 Å². The van der Waals surface area contributed by atoms with Crippen molar-refractivity contribution in [2.75, 3.05) is 26.8 Å². The van der Waals surface area contributed by atoms with Gasteiger partial charge in [0.25, 0.3) is 0 Å². The van der Waals surface area contributed by atoms with Crippen LogP contribution in [0, 0.1) is 0 Å². The molecule has 2 N–H and O–H groups in total. The predicted octanol–water partition coefficient (Wildman–Crippen LogP) is 1.05. The third-order valence-electron chi connectivity index (χ3n) is 2.80. The van der Waals surface area contributed by atoms with Crippen molar-refractivity contribution in [3.05, 3.63) is 35.4 Å². The van der Waals surface area contributed by atoms with E-state index >= 15 is 0 Å². The number of hydrogen-bond acceptors (Lipinski definition) is 3. The molecule has 1 saturated heterocycles. The normalized spacial score (nSPS) is 18.5.